The van der Waals surface area contributed by atoms with Crippen LogP contribution in [0.25, 0.3) is 0 Å². The van der Waals surface area contributed by atoms with Crippen molar-refractivity contribution >= 4 is 29.2 Å². The van der Waals surface area contributed by atoms with Gasteiger partial charge in [-0.15, -0.1) is 0 Å². The third kappa shape index (κ3) is 6.47. The molecule has 0 aromatic heterocycles. The number of nitrogens with zero attached hydrogens (tertiary/aromatic N) is 1. The van der Waals surface area contributed by atoms with Crippen LogP contribution in [0.5, 0.6) is 0 Å². The third-order valence-corrected chi connectivity index (χ3v) is 4.27. The third-order valence-electron chi connectivity index (χ3n) is 4.27. The Kier molecular flexibility index (Phi) is 8.82. The average Bonchev–Trinajstić information content (AvgIpc) is 2.59. The van der Waals surface area contributed by atoms with Gasteiger partial charge in [0, 0.05) is 18.1 Å². The Balaban J connectivity index is 3.71. The van der Waals surface area contributed by atoms with Crippen LogP contribution < -0.4 is 0 Å². The van der Waals surface area contributed by atoms with Gasteiger partial charge in [-0.05, 0) is 47.1 Å². The summed E-state index contributed by atoms with van der Waals surface area (Å²) in [5.41, 5.74) is -0.192. The number of rotatable bonds is 10. The Bertz CT molecular complexity index is 790. The van der Waals surface area contributed by atoms with Gasteiger partial charge in [-0.1, -0.05) is 12.1 Å². The van der Waals surface area contributed by atoms with Crippen molar-refractivity contribution in [1.29, 1.82) is 0 Å². The first-order chi connectivity index (χ1) is 13.9. The van der Waals surface area contributed by atoms with Crippen molar-refractivity contribution < 1.29 is 33.6 Å². The minimum absolute atomic E-state index is 0.117. The predicted octanol–water partition coefficient (Wildman–Crippen LogP) is 2.99. The lowest BCUT2D eigenvalue weighted by atomic mass is 9.73. The monoisotopic (exact) mass is 421 g/mol. The van der Waals surface area contributed by atoms with E-state index >= 15 is 0 Å². The molecule has 0 bridgehead atoms. The molecule has 0 aliphatic rings. The van der Waals surface area contributed by atoms with Gasteiger partial charge in [-0.3, -0.25) is 29.3 Å². The Hall–Kier alpha value is -3.10. The largest absolute Gasteiger partial charge is 0.462 e. The first kappa shape index (κ1) is 24.9. The minimum atomic E-state index is -1.52. The Morgan fingerprint density at radius 1 is 0.867 bits per heavy atom. The van der Waals surface area contributed by atoms with E-state index in [0.29, 0.717) is 0 Å². The van der Waals surface area contributed by atoms with Gasteiger partial charge in [0.05, 0.1) is 17.1 Å². The van der Waals surface area contributed by atoms with E-state index < -0.39 is 58.4 Å². The lowest BCUT2D eigenvalue weighted by Crippen LogP contribution is -2.41. The van der Waals surface area contributed by atoms with E-state index in [2.05, 4.69) is 0 Å². The van der Waals surface area contributed by atoms with E-state index in [-0.39, 0.29) is 11.3 Å². The maximum absolute atomic E-state index is 12.8. The summed E-state index contributed by atoms with van der Waals surface area (Å²) in [4.78, 5) is 61.1. The number of carbonyl (C=O) groups excluding carboxylic acids is 4. The van der Waals surface area contributed by atoms with Crippen molar-refractivity contribution in [2.75, 3.05) is 0 Å². The highest BCUT2D eigenvalue weighted by atomic mass is 16.6. The van der Waals surface area contributed by atoms with Gasteiger partial charge in [-0.25, -0.2) is 0 Å². The van der Waals surface area contributed by atoms with Gasteiger partial charge in [0.25, 0.3) is 5.69 Å². The van der Waals surface area contributed by atoms with Crippen molar-refractivity contribution in [3.05, 3.63) is 39.9 Å². The van der Waals surface area contributed by atoms with Crippen LogP contribution in [0.1, 0.15) is 53.0 Å². The first-order valence-electron chi connectivity index (χ1n) is 9.53. The molecule has 0 saturated heterocycles. The van der Waals surface area contributed by atoms with Gasteiger partial charge in [-0.2, -0.15) is 0 Å². The number of ether oxygens (including phenoxy) is 2. The highest BCUT2D eigenvalue weighted by Gasteiger charge is 2.46. The molecule has 1 aromatic rings. The van der Waals surface area contributed by atoms with Crippen LogP contribution in [0.4, 0.5) is 5.69 Å². The Labute approximate surface area is 174 Å². The van der Waals surface area contributed by atoms with E-state index in [1.165, 1.54) is 18.2 Å². The summed E-state index contributed by atoms with van der Waals surface area (Å²) >= 11 is 0. The number of hydrogen-bond acceptors (Lipinski definition) is 8. The van der Waals surface area contributed by atoms with E-state index in [0.717, 1.165) is 19.9 Å². The molecule has 0 spiro atoms. The number of hydrogen-bond donors (Lipinski definition) is 0. The lowest BCUT2D eigenvalue weighted by molar-refractivity contribution is -0.385. The molecule has 0 saturated carbocycles. The number of ketones is 2. The fourth-order valence-electron chi connectivity index (χ4n) is 3.17. The molecule has 0 fully saturated rings. The Morgan fingerprint density at radius 3 is 1.63 bits per heavy atom. The van der Waals surface area contributed by atoms with Crippen molar-refractivity contribution in [3.63, 3.8) is 0 Å². The molecule has 1 rings (SSSR count). The molecule has 30 heavy (non-hydrogen) atoms. The second-order valence-electron chi connectivity index (χ2n) is 7.53. The van der Waals surface area contributed by atoms with Crippen LogP contribution in [0.15, 0.2) is 24.3 Å². The fraction of sp³-hybridized carbons (Fsp3) is 0.524. The van der Waals surface area contributed by atoms with Crippen molar-refractivity contribution in [2.24, 2.45) is 11.8 Å². The summed E-state index contributed by atoms with van der Waals surface area (Å²) < 4.78 is 10.4. The van der Waals surface area contributed by atoms with Crippen LogP contribution in [0.3, 0.4) is 0 Å². The zero-order valence-electron chi connectivity index (χ0n) is 17.9. The summed E-state index contributed by atoms with van der Waals surface area (Å²) in [5.74, 6) is -7.49. The topological polar surface area (TPSA) is 130 Å². The first-order valence-corrected chi connectivity index (χ1v) is 9.53. The second kappa shape index (κ2) is 10.6. The summed E-state index contributed by atoms with van der Waals surface area (Å²) in [5, 5.41) is 11.2. The molecular weight excluding hydrogens is 394 g/mol. The average molecular weight is 421 g/mol. The number of benzene rings is 1. The van der Waals surface area contributed by atoms with Gasteiger partial charge >= 0.3 is 11.9 Å². The normalized spacial score (nSPS) is 14.0. The number of non-ortho nitro benzene ring substituents is 1. The molecule has 164 valence electrons. The highest BCUT2D eigenvalue weighted by molar-refractivity contribution is 6.04. The van der Waals surface area contributed by atoms with Crippen LogP contribution in [0.2, 0.25) is 0 Å². The van der Waals surface area contributed by atoms with Crippen LogP contribution in [-0.4, -0.2) is 40.6 Å². The molecular formula is C21H27NO8. The molecule has 0 radical (unpaired) electrons. The highest BCUT2D eigenvalue weighted by Crippen LogP contribution is 2.37. The van der Waals surface area contributed by atoms with Gasteiger partial charge < -0.3 is 9.47 Å². The van der Waals surface area contributed by atoms with Crippen LogP contribution >= 0.6 is 0 Å². The quantitative estimate of drug-likeness (QED) is 0.244. The van der Waals surface area contributed by atoms with Crippen LogP contribution in [-0.2, 0) is 28.7 Å². The molecule has 0 aliphatic heterocycles. The SMILES string of the molecule is CC(=O)[C@H](C(=O)OC(C)C)C(c1cccc([N+](=O)[O-])c1)[C@@H](C(C)=O)C(=O)OC(C)C. The standard InChI is InChI=1S/C21H27NO8/c1-11(2)29-20(25)17(13(5)23)19(15-8-7-9-16(10-15)22(27)28)18(14(6)24)21(26)30-12(3)4/h7-12,17-19H,1-6H3/t17-,18+,19?. The molecule has 9 nitrogen and oxygen atoms in total. The molecule has 0 N–H and O–H groups in total. The Morgan fingerprint density at radius 2 is 1.30 bits per heavy atom. The molecule has 1 aromatic carbocycles. The fourth-order valence-corrected chi connectivity index (χ4v) is 3.17. The van der Waals surface area contributed by atoms with E-state index in [9.17, 15) is 29.3 Å². The van der Waals surface area contributed by atoms with Gasteiger partial charge in [0.15, 0.2) is 0 Å². The molecule has 3 atom stereocenters. The summed E-state index contributed by atoms with van der Waals surface area (Å²) in [7, 11) is 0. The second-order valence-corrected chi connectivity index (χ2v) is 7.53. The number of esters is 2. The zero-order valence-corrected chi connectivity index (χ0v) is 17.9. The molecule has 1 unspecified atom stereocenters. The van der Waals surface area contributed by atoms with Gasteiger partial charge in [0.1, 0.15) is 23.4 Å². The molecule has 0 aliphatic carbocycles. The molecule has 0 amide bonds. The predicted molar refractivity (Wildman–Crippen MR) is 107 cm³/mol. The van der Waals surface area contributed by atoms with E-state index in [4.69, 9.17) is 9.47 Å². The zero-order chi connectivity index (χ0) is 23.2. The summed E-state index contributed by atoms with van der Waals surface area (Å²) in [6, 6.07) is 5.15. The van der Waals surface area contributed by atoms with Crippen molar-refractivity contribution in [3.8, 4) is 0 Å². The lowest BCUT2D eigenvalue weighted by Gasteiger charge is -2.30. The molecule has 9 heteroatoms. The maximum Gasteiger partial charge on any atom is 0.317 e. The molecule has 0 heterocycles. The van der Waals surface area contributed by atoms with E-state index in [1.54, 1.807) is 27.7 Å². The minimum Gasteiger partial charge on any atom is -0.462 e. The van der Waals surface area contributed by atoms with Crippen LogP contribution in [0, 0.1) is 22.0 Å². The number of carbonyl (C=O) groups is 4. The van der Waals surface area contributed by atoms with E-state index in [1.807, 2.05) is 0 Å². The summed E-state index contributed by atoms with van der Waals surface area (Å²) in [6.07, 6.45) is -1.10. The smallest absolute Gasteiger partial charge is 0.317 e. The summed E-state index contributed by atoms with van der Waals surface area (Å²) in [6.45, 7) is 8.64. The van der Waals surface area contributed by atoms with Crippen molar-refractivity contribution in [1.82, 2.24) is 0 Å². The maximum atomic E-state index is 12.8. The number of Topliss-reactive ketones (excluding diaryl/α,β-unsaturated/α-hetero) is 2. The number of nitro benzene ring substituents is 1. The van der Waals surface area contributed by atoms with Crippen molar-refractivity contribution in [2.45, 2.75) is 59.7 Å². The van der Waals surface area contributed by atoms with Gasteiger partial charge in [0.2, 0.25) is 0 Å². The number of nitro groups is 1.